The lowest BCUT2D eigenvalue weighted by Crippen LogP contribution is -1.75. The van der Waals surface area contributed by atoms with E-state index in [1.807, 2.05) is 0 Å². The highest BCUT2D eigenvalue weighted by Gasteiger charge is 1.85. The number of rotatable bonds is 13. The highest BCUT2D eigenvalue weighted by atomic mass is 13.9. The molecule has 0 aromatic rings. The van der Waals surface area contributed by atoms with Gasteiger partial charge in [-0.1, -0.05) is 88.8 Å². The molecule has 0 aliphatic heterocycles. The molecule has 0 spiro atoms. The van der Waals surface area contributed by atoms with Gasteiger partial charge in [-0.3, -0.25) is 0 Å². The van der Waals surface area contributed by atoms with E-state index in [-0.39, 0.29) is 0 Å². The fourth-order valence-electron chi connectivity index (χ4n) is 1.97. The van der Waals surface area contributed by atoms with Crippen LogP contribution in [0.2, 0.25) is 0 Å². The number of unbranched alkanes of at least 4 members (excludes halogenated alkanes) is 7. The predicted molar refractivity (Wildman–Crippen MR) is 89.6 cm³/mol. The second-order valence-electron chi connectivity index (χ2n) is 5.23. The summed E-state index contributed by atoms with van der Waals surface area (Å²) in [4.78, 5) is 0. The van der Waals surface area contributed by atoms with E-state index in [0.29, 0.717) is 0 Å². The average Bonchev–Trinajstić information content (AvgIpc) is 2.43. The monoisotopic (exact) mass is 262 g/mol. The molecule has 19 heavy (non-hydrogen) atoms. The van der Waals surface area contributed by atoms with Gasteiger partial charge in [0.05, 0.1) is 0 Å². The Morgan fingerprint density at radius 2 is 0.947 bits per heavy atom. The first kappa shape index (κ1) is 18.2. The maximum absolute atomic E-state index is 2.34. The molecule has 0 heterocycles. The zero-order chi connectivity index (χ0) is 14.0. The highest BCUT2D eigenvalue weighted by Crippen LogP contribution is 2.05. The maximum atomic E-state index is 2.34. The summed E-state index contributed by atoms with van der Waals surface area (Å²) >= 11 is 0. The minimum atomic E-state index is 1.09. The van der Waals surface area contributed by atoms with Crippen LogP contribution in [0.25, 0.3) is 0 Å². The molecular formula is C19H34. The standard InChI is InChI=1S/C19H34/c1-3-5-7-9-11-13-15-17-19-18-16-14-12-10-8-6-4-2/h9,11,15-18H,3-8,10,12-14,19H2,1-2H3. The number of hydrogen-bond donors (Lipinski definition) is 0. The largest absolute Gasteiger partial charge is 0.0882 e. The van der Waals surface area contributed by atoms with Crippen LogP contribution in [0.5, 0.6) is 0 Å². The van der Waals surface area contributed by atoms with Gasteiger partial charge in [0.25, 0.3) is 0 Å². The van der Waals surface area contributed by atoms with Crippen LogP contribution in [0, 0.1) is 0 Å². The third kappa shape index (κ3) is 17.2. The van der Waals surface area contributed by atoms with Gasteiger partial charge in [-0.25, -0.2) is 0 Å². The van der Waals surface area contributed by atoms with Crippen LogP contribution in [-0.4, -0.2) is 0 Å². The Morgan fingerprint density at radius 1 is 0.474 bits per heavy atom. The minimum Gasteiger partial charge on any atom is -0.0882 e. The Balaban J connectivity index is 3.25. The van der Waals surface area contributed by atoms with Crippen molar-refractivity contribution >= 4 is 0 Å². The summed E-state index contributed by atoms with van der Waals surface area (Å²) in [6, 6.07) is 0. The summed E-state index contributed by atoms with van der Waals surface area (Å²) in [6.07, 6.45) is 28.0. The molecule has 0 rings (SSSR count). The van der Waals surface area contributed by atoms with Crippen LogP contribution in [0.15, 0.2) is 36.5 Å². The normalized spacial score (nSPS) is 12.3. The van der Waals surface area contributed by atoms with Gasteiger partial charge in [0.2, 0.25) is 0 Å². The van der Waals surface area contributed by atoms with Crippen LogP contribution in [-0.2, 0) is 0 Å². The second kappa shape index (κ2) is 17.2. The summed E-state index contributed by atoms with van der Waals surface area (Å²) in [7, 11) is 0. The van der Waals surface area contributed by atoms with Crippen molar-refractivity contribution in [3.63, 3.8) is 0 Å². The summed E-state index contributed by atoms with van der Waals surface area (Å²) in [5.41, 5.74) is 0. The van der Waals surface area contributed by atoms with E-state index in [1.54, 1.807) is 0 Å². The zero-order valence-corrected chi connectivity index (χ0v) is 13.2. The summed E-state index contributed by atoms with van der Waals surface area (Å²) < 4.78 is 0. The van der Waals surface area contributed by atoms with E-state index >= 15 is 0 Å². The molecule has 0 N–H and O–H groups in total. The fourth-order valence-corrected chi connectivity index (χ4v) is 1.97. The maximum Gasteiger partial charge on any atom is -0.0169 e. The lowest BCUT2D eigenvalue weighted by atomic mass is 10.1. The molecule has 0 atom stereocenters. The molecule has 0 aromatic carbocycles. The van der Waals surface area contributed by atoms with E-state index < -0.39 is 0 Å². The molecule has 0 amide bonds. The van der Waals surface area contributed by atoms with Gasteiger partial charge >= 0.3 is 0 Å². The zero-order valence-electron chi connectivity index (χ0n) is 13.2. The molecule has 0 fully saturated rings. The van der Waals surface area contributed by atoms with Crippen LogP contribution >= 0.6 is 0 Å². The highest BCUT2D eigenvalue weighted by molar-refractivity contribution is 4.97. The van der Waals surface area contributed by atoms with Crippen molar-refractivity contribution in [2.24, 2.45) is 0 Å². The van der Waals surface area contributed by atoms with Crippen LogP contribution in [0.1, 0.15) is 84.5 Å². The Morgan fingerprint density at radius 3 is 1.53 bits per heavy atom. The van der Waals surface area contributed by atoms with E-state index in [1.165, 1.54) is 57.8 Å². The Labute approximate surface area is 121 Å². The van der Waals surface area contributed by atoms with Crippen molar-refractivity contribution in [2.75, 3.05) is 0 Å². The number of hydrogen-bond acceptors (Lipinski definition) is 0. The molecule has 0 radical (unpaired) electrons. The van der Waals surface area contributed by atoms with Crippen molar-refractivity contribution in [2.45, 2.75) is 84.5 Å². The van der Waals surface area contributed by atoms with E-state index in [9.17, 15) is 0 Å². The molecular weight excluding hydrogens is 228 g/mol. The van der Waals surface area contributed by atoms with Crippen LogP contribution in [0.3, 0.4) is 0 Å². The van der Waals surface area contributed by atoms with Crippen molar-refractivity contribution in [3.8, 4) is 0 Å². The first-order valence-electron chi connectivity index (χ1n) is 8.36. The van der Waals surface area contributed by atoms with Gasteiger partial charge in [0.15, 0.2) is 0 Å². The first-order valence-corrected chi connectivity index (χ1v) is 8.36. The molecule has 0 heteroatoms. The summed E-state index contributed by atoms with van der Waals surface area (Å²) in [6.45, 7) is 4.51. The fraction of sp³-hybridized carbons (Fsp3) is 0.684. The molecule has 0 unspecified atom stereocenters. The topological polar surface area (TPSA) is 0 Å². The van der Waals surface area contributed by atoms with Gasteiger partial charge in [-0.05, 0) is 32.1 Å². The van der Waals surface area contributed by atoms with Crippen molar-refractivity contribution in [1.82, 2.24) is 0 Å². The second-order valence-corrected chi connectivity index (χ2v) is 5.23. The predicted octanol–water partition coefficient (Wildman–Crippen LogP) is 6.99. The van der Waals surface area contributed by atoms with E-state index in [2.05, 4.69) is 50.3 Å². The first-order chi connectivity index (χ1) is 9.41. The lowest BCUT2D eigenvalue weighted by Gasteiger charge is -1.95. The van der Waals surface area contributed by atoms with E-state index in [0.717, 1.165) is 12.8 Å². The molecule has 0 aliphatic carbocycles. The van der Waals surface area contributed by atoms with Gasteiger partial charge in [0, 0.05) is 0 Å². The van der Waals surface area contributed by atoms with Crippen molar-refractivity contribution < 1.29 is 0 Å². The van der Waals surface area contributed by atoms with Crippen LogP contribution < -0.4 is 0 Å². The Bertz CT molecular complexity index is 232. The van der Waals surface area contributed by atoms with E-state index in [4.69, 9.17) is 0 Å². The van der Waals surface area contributed by atoms with Gasteiger partial charge < -0.3 is 0 Å². The number of allylic oxidation sites excluding steroid dienone is 6. The lowest BCUT2D eigenvalue weighted by molar-refractivity contribution is 0.637. The molecule has 0 aliphatic rings. The average molecular weight is 262 g/mol. The molecule has 0 nitrogen and oxygen atoms in total. The van der Waals surface area contributed by atoms with Gasteiger partial charge in [0.1, 0.15) is 0 Å². The van der Waals surface area contributed by atoms with Gasteiger partial charge in [-0.15, -0.1) is 0 Å². The smallest absolute Gasteiger partial charge is 0.0169 e. The molecule has 110 valence electrons. The molecule has 0 aromatic heterocycles. The van der Waals surface area contributed by atoms with Crippen LogP contribution in [0.4, 0.5) is 0 Å². The molecule has 0 saturated carbocycles. The Hall–Kier alpha value is -0.780. The summed E-state index contributed by atoms with van der Waals surface area (Å²) in [5.74, 6) is 0. The van der Waals surface area contributed by atoms with Gasteiger partial charge in [-0.2, -0.15) is 0 Å². The van der Waals surface area contributed by atoms with Crippen molar-refractivity contribution in [1.29, 1.82) is 0 Å². The third-order valence-corrected chi connectivity index (χ3v) is 3.24. The van der Waals surface area contributed by atoms with Crippen molar-refractivity contribution in [3.05, 3.63) is 36.5 Å². The SMILES string of the molecule is CCCCC=CCC=CCC=CCCCCCCC. The molecule has 0 saturated heterocycles. The molecule has 0 bridgehead atoms. The minimum absolute atomic E-state index is 1.09. The summed E-state index contributed by atoms with van der Waals surface area (Å²) in [5, 5.41) is 0. The quantitative estimate of drug-likeness (QED) is 0.248. The Kier molecular flexibility index (Phi) is 16.5. The third-order valence-electron chi connectivity index (χ3n) is 3.24.